The highest BCUT2D eigenvalue weighted by Crippen LogP contribution is 2.29. The van der Waals surface area contributed by atoms with Gasteiger partial charge in [-0.15, -0.1) is 0 Å². The van der Waals surface area contributed by atoms with Crippen LogP contribution in [-0.2, 0) is 24.4 Å². The molecule has 0 bridgehead atoms. The van der Waals surface area contributed by atoms with Crippen molar-refractivity contribution in [2.75, 3.05) is 18.4 Å². The van der Waals surface area contributed by atoms with Crippen LogP contribution in [0.1, 0.15) is 31.4 Å². The topological polar surface area (TPSA) is 175 Å². The van der Waals surface area contributed by atoms with Gasteiger partial charge in [0.1, 0.15) is 22.8 Å². The molecule has 1 aromatic heterocycles. The van der Waals surface area contributed by atoms with Crippen LogP contribution in [0.4, 0.5) is 5.95 Å². The molecule has 0 radical (unpaired) electrons. The van der Waals surface area contributed by atoms with E-state index in [9.17, 15) is 23.1 Å². The zero-order valence-electron chi connectivity index (χ0n) is 19.3. The quantitative estimate of drug-likeness (QED) is 0.232. The summed E-state index contributed by atoms with van der Waals surface area (Å²) in [6.45, 7) is 2.11. The first-order valence-electron chi connectivity index (χ1n) is 11.0. The number of aliphatic carboxylic acids is 1. The smallest absolute Gasteiger partial charge is 0.323 e. The van der Waals surface area contributed by atoms with Gasteiger partial charge in [0, 0.05) is 31.4 Å². The predicted octanol–water partition coefficient (Wildman–Crippen LogP) is 2.30. The molecule has 1 aliphatic heterocycles. The number of carboxylic acids is 1. The number of hydrogen-bond donors (Lipinski definition) is 5. The molecule has 1 aromatic carbocycles. The lowest BCUT2D eigenvalue weighted by Crippen LogP contribution is -2.49. The Hall–Kier alpha value is -2.87. The number of nitrogens with one attached hydrogen (secondary N) is 4. The van der Waals surface area contributed by atoms with Gasteiger partial charge in [0.25, 0.3) is 5.91 Å². The average Bonchev–Trinajstić information content (AvgIpc) is 3.44. The van der Waals surface area contributed by atoms with Crippen molar-refractivity contribution in [3.63, 3.8) is 0 Å². The van der Waals surface area contributed by atoms with E-state index in [-0.39, 0.29) is 28.3 Å². The molecule has 196 valence electrons. The van der Waals surface area contributed by atoms with E-state index in [1.54, 1.807) is 6.20 Å². The highest BCUT2D eigenvalue weighted by atomic mass is 35.5. The van der Waals surface area contributed by atoms with Gasteiger partial charge in [-0.1, -0.05) is 34.4 Å². The number of hydrogen-bond acceptors (Lipinski definition) is 8. The summed E-state index contributed by atoms with van der Waals surface area (Å²) >= 11 is 11.9. The number of anilines is 1. The Morgan fingerprint density at radius 3 is 2.64 bits per heavy atom. The van der Waals surface area contributed by atoms with Gasteiger partial charge in [0.05, 0.1) is 10.0 Å². The number of sulfonamides is 1. The molecular formula is C21H26Cl2N6O6S. The number of carboxylic acid groups (broad SMARTS) is 1. The molecule has 2 atom stereocenters. The summed E-state index contributed by atoms with van der Waals surface area (Å²) in [7, 11) is -4.39. The minimum atomic E-state index is -4.39. The fourth-order valence-corrected chi connectivity index (χ4v) is 5.72. The molecule has 0 saturated carbocycles. The number of carbonyl (C=O) groups excluding carboxylic acids is 1. The van der Waals surface area contributed by atoms with E-state index in [4.69, 9.17) is 28.0 Å². The van der Waals surface area contributed by atoms with Crippen LogP contribution in [0, 0.1) is 6.92 Å². The maximum absolute atomic E-state index is 12.7. The lowest BCUT2D eigenvalue weighted by molar-refractivity contribution is -0.138. The summed E-state index contributed by atoms with van der Waals surface area (Å²) < 4.78 is 27.3. The van der Waals surface area contributed by atoms with Crippen molar-refractivity contribution in [1.29, 1.82) is 0 Å². The molecule has 2 aromatic rings. The predicted molar refractivity (Wildman–Crippen MR) is 134 cm³/mol. The number of aryl methyl sites for hydroxylation is 1. The van der Waals surface area contributed by atoms with Crippen molar-refractivity contribution in [2.24, 2.45) is 5.16 Å². The van der Waals surface area contributed by atoms with Crippen molar-refractivity contribution in [3.8, 4) is 0 Å². The summed E-state index contributed by atoms with van der Waals surface area (Å²) in [5.41, 5.74) is 1.07. The van der Waals surface area contributed by atoms with Gasteiger partial charge >= 0.3 is 5.97 Å². The lowest BCUT2D eigenvalue weighted by Gasteiger charge is -2.16. The van der Waals surface area contributed by atoms with Gasteiger partial charge in [-0.2, -0.15) is 4.72 Å². The third-order valence-corrected chi connectivity index (χ3v) is 7.62. The number of nitrogens with zero attached hydrogens (tertiary/aromatic N) is 2. The number of imidazole rings is 1. The van der Waals surface area contributed by atoms with E-state index in [1.807, 2.05) is 11.6 Å². The Morgan fingerprint density at radius 1 is 1.28 bits per heavy atom. The van der Waals surface area contributed by atoms with Crippen LogP contribution in [0.5, 0.6) is 0 Å². The van der Waals surface area contributed by atoms with E-state index in [0.29, 0.717) is 12.4 Å². The van der Waals surface area contributed by atoms with Crippen LogP contribution in [0.25, 0.3) is 0 Å². The molecule has 2 heterocycles. The number of halogens is 2. The molecule has 15 heteroatoms. The monoisotopic (exact) mass is 560 g/mol. The molecule has 0 fully saturated rings. The second-order valence-electron chi connectivity index (χ2n) is 8.08. The molecule has 0 saturated heterocycles. The highest BCUT2D eigenvalue weighted by Gasteiger charge is 2.31. The Labute approximate surface area is 217 Å². The van der Waals surface area contributed by atoms with Crippen LogP contribution in [0.2, 0.25) is 10.0 Å². The third-order valence-electron chi connectivity index (χ3n) is 5.19. The summed E-state index contributed by atoms with van der Waals surface area (Å²) in [5.74, 6) is -1.43. The van der Waals surface area contributed by atoms with Crippen molar-refractivity contribution < 1.29 is 28.0 Å². The second-order valence-corrected chi connectivity index (χ2v) is 10.5. The molecule has 12 nitrogen and oxygen atoms in total. The SMILES string of the molecule is Cc1cnc(NCCCCC2CC(C(=O)NCC(NS(=O)(=O)c3c(Cl)cccc3Cl)C(=O)O)=NO2)[nH]1. The van der Waals surface area contributed by atoms with Gasteiger partial charge < -0.3 is 25.6 Å². The van der Waals surface area contributed by atoms with Gasteiger partial charge in [-0.05, 0) is 38.3 Å². The molecule has 0 spiro atoms. The van der Waals surface area contributed by atoms with Crippen molar-refractivity contribution >= 4 is 56.8 Å². The molecule has 1 aliphatic rings. The van der Waals surface area contributed by atoms with Crippen LogP contribution in [-0.4, -0.2) is 66.3 Å². The Balaban J connectivity index is 1.43. The van der Waals surface area contributed by atoms with Crippen LogP contribution in [0.15, 0.2) is 34.4 Å². The maximum Gasteiger partial charge on any atom is 0.323 e. The Kier molecular flexibility index (Phi) is 9.54. The van der Waals surface area contributed by atoms with Crippen molar-refractivity contribution in [1.82, 2.24) is 20.0 Å². The average molecular weight is 561 g/mol. The lowest BCUT2D eigenvalue weighted by atomic mass is 10.1. The standard InChI is InChI=1S/C21H26Cl2N6O6S/c1-12-10-26-21(27-12)24-8-3-2-5-13-9-16(28-35-13)19(30)25-11-17(20(31)32)29-36(33,34)18-14(22)6-4-7-15(18)23/h4,6-7,10,13,17,29H,2-3,5,8-9,11H2,1H3,(H,25,30)(H,31,32)(H2,24,26,27). The van der Waals surface area contributed by atoms with E-state index in [0.717, 1.165) is 25.1 Å². The zero-order chi connectivity index (χ0) is 26.3. The minimum Gasteiger partial charge on any atom is -0.480 e. The molecule has 5 N–H and O–H groups in total. The summed E-state index contributed by atoms with van der Waals surface area (Å²) in [6.07, 6.45) is 4.09. The number of H-pyrrole nitrogens is 1. The molecule has 1 amide bonds. The number of oxime groups is 1. The fraction of sp³-hybridized carbons (Fsp3) is 0.429. The van der Waals surface area contributed by atoms with Gasteiger partial charge in [-0.3, -0.25) is 9.59 Å². The van der Waals surface area contributed by atoms with Gasteiger partial charge in [0.15, 0.2) is 5.95 Å². The van der Waals surface area contributed by atoms with E-state index in [1.165, 1.54) is 18.2 Å². The third kappa shape index (κ3) is 7.56. The molecule has 3 rings (SSSR count). The first-order valence-corrected chi connectivity index (χ1v) is 13.3. The van der Waals surface area contributed by atoms with Gasteiger partial charge in [-0.25, -0.2) is 13.4 Å². The Morgan fingerprint density at radius 2 is 2.00 bits per heavy atom. The summed E-state index contributed by atoms with van der Waals surface area (Å²) in [4.78, 5) is 36.2. The van der Waals surface area contributed by atoms with Crippen molar-refractivity contribution in [2.45, 2.75) is 49.6 Å². The fourth-order valence-electron chi connectivity index (χ4n) is 3.39. The van der Waals surface area contributed by atoms with E-state index < -0.39 is 39.4 Å². The van der Waals surface area contributed by atoms with E-state index >= 15 is 0 Å². The number of benzene rings is 1. The number of aromatic amines is 1. The summed E-state index contributed by atoms with van der Waals surface area (Å²) in [5, 5.41) is 18.5. The molecule has 36 heavy (non-hydrogen) atoms. The van der Waals surface area contributed by atoms with E-state index in [2.05, 4.69) is 25.8 Å². The number of carbonyl (C=O) groups is 2. The van der Waals surface area contributed by atoms with Crippen LogP contribution >= 0.6 is 23.2 Å². The Bertz CT molecular complexity index is 1210. The first-order chi connectivity index (χ1) is 17.1. The summed E-state index contributed by atoms with van der Waals surface area (Å²) in [6, 6.07) is 2.40. The minimum absolute atomic E-state index is 0.102. The largest absolute Gasteiger partial charge is 0.480 e. The second kappa shape index (κ2) is 12.4. The zero-order valence-corrected chi connectivity index (χ0v) is 21.6. The maximum atomic E-state index is 12.7. The first kappa shape index (κ1) is 27.7. The van der Waals surface area contributed by atoms with Crippen molar-refractivity contribution in [3.05, 3.63) is 40.1 Å². The molecule has 2 unspecified atom stereocenters. The van der Waals surface area contributed by atoms with Crippen LogP contribution < -0.4 is 15.4 Å². The highest BCUT2D eigenvalue weighted by molar-refractivity contribution is 7.89. The number of aromatic nitrogens is 2. The normalized spacial score (nSPS) is 16.2. The van der Waals surface area contributed by atoms with Gasteiger partial charge in [0.2, 0.25) is 10.0 Å². The number of amides is 1. The number of unbranched alkanes of at least 4 members (excludes halogenated alkanes) is 1. The number of rotatable bonds is 13. The van der Waals surface area contributed by atoms with Crippen LogP contribution in [0.3, 0.4) is 0 Å². The molecular weight excluding hydrogens is 535 g/mol. The molecule has 0 aliphatic carbocycles.